The summed E-state index contributed by atoms with van der Waals surface area (Å²) in [7, 11) is 2.18. The molecule has 2 rings (SSSR count). The third-order valence-corrected chi connectivity index (χ3v) is 3.38. The molecule has 0 aliphatic carbocycles. The summed E-state index contributed by atoms with van der Waals surface area (Å²) in [5.41, 5.74) is 1.29. The van der Waals surface area contributed by atoms with Crippen molar-refractivity contribution >= 4 is 0 Å². The molecule has 0 radical (unpaired) electrons. The summed E-state index contributed by atoms with van der Waals surface area (Å²) in [6.45, 7) is 5.62. The molecular formula is C13H21N3. The Labute approximate surface area is 97.9 Å². The predicted molar refractivity (Wildman–Crippen MR) is 66.1 cm³/mol. The number of nitrogens with zero attached hydrogens (tertiary/aromatic N) is 2. The molecule has 16 heavy (non-hydrogen) atoms. The first kappa shape index (κ1) is 11.6. The summed E-state index contributed by atoms with van der Waals surface area (Å²) in [5, 5.41) is 3.57. The van der Waals surface area contributed by atoms with Crippen LogP contribution in [0, 0.1) is 5.92 Å². The van der Waals surface area contributed by atoms with Crippen molar-refractivity contribution in [3.05, 3.63) is 30.1 Å². The Morgan fingerprint density at radius 1 is 1.56 bits per heavy atom. The lowest BCUT2D eigenvalue weighted by molar-refractivity contribution is 0.271. The molecule has 1 aliphatic rings. The molecule has 1 N–H and O–H groups in total. The standard InChI is InChI=1S/C13H21N3/c1-11-5-7-15-13(11)10-16(2)9-12-4-3-6-14-8-12/h3-4,6,8,11,13,15H,5,7,9-10H2,1-2H3. The van der Waals surface area contributed by atoms with E-state index >= 15 is 0 Å². The highest BCUT2D eigenvalue weighted by atomic mass is 15.1. The maximum absolute atomic E-state index is 4.14. The Morgan fingerprint density at radius 3 is 3.06 bits per heavy atom. The van der Waals surface area contributed by atoms with Crippen LogP contribution in [0.25, 0.3) is 0 Å². The molecule has 1 aromatic heterocycles. The number of hydrogen-bond donors (Lipinski definition) is 1. The summed E-state index contributed by atoms with van der Waals surface area (Å²) in [6, 6.07) is 4.79. The van der Waals surface area contributed by atoms with Gasteiger partial charge in [0, 0.05) is 31.5 Å². The molecular weight excluding hydrogens is 198 g/mol. The fourth-order valence-electron chi connectivity index (χ4n) is 2.35. The van der Waals surface area contributed by atoms with Crippen molar-refractivity contribution in [2.24, 2.45) is 5.92 Å². The summed E-state index contributed by atoms with van der Waals surface area (Å²) < 4.78 is 0. The van der Waals surface area contributed by atoms with E-state index in [0.29, 0.717) is 6.04 Å². The van der Waals surface area contributed by atoms with Crippen LogP contribution < -0.4 is 5.32 Å². The molecule has 0 bridgehead atoms. The van der Waals surface area contributed by atoms with Crippen molar-refractivity contribution in [3.63, 3.8) is 0 Å². The van der Waals surface area contributed by atoms with E-state index in [1.54, 1.807) is 0 Å². The van der Waals surface area contributed by atoms with Gasteiger partial charge in [0.05, 0.1) is 0 Å². The SMILES string of the molecule is CC1CCNC1CN(C)Cc1cccnc1. The minimum Gasteiger partial charge on any atom is -0.312 e. The molecule has 2 atom stereocenters. The second kappa shape index (κ2) is 5.41. The normalized spacial score (nSPS) is 25.2. The van der Waals surface area contributed by atoms with Gasteiger partial charge in [0.1, 0.15) is 0 Å². The lowest BCUT2D eigenvalue weighted by Gasteiger charge is -2.23. The minimum absolute atomic E-state index is 0.654. The average Bonchev–Trinajstić information content (AvgIpc) is 2.66. The van der Waals surface area contributed by atoms with E-state index in [9.17, 15) is 0 Å². The van der Waals surface area contributed by atoms with Gasteiger partial charge in [-0.15, -0.1) is 0 Å². The van der Waals surface area contributed by atoms with Crippen molar-refractivity contribution in [2.75, 3.05) is 20.1 Å². The van der Waals surface area contributed by atoms with Crippen LogP contribution in [0.3, 0.4) is 0 Å². The van der Waals surface area contributed by atoms with Crippen LogP contribution in [0.5, 0.6) is 0 Å². The Bertz CT molecular complexity index is 312. The molecule has 0 aromatic carbocycles. The molecule has 0 saturated carbocycles. The number of pyridine rings is 1. The Kier molecular flexibility index (Phi) is 3.91. The topological polar surface area (TPSA) is 28.2 Å². The molecule has 1 aliphatic heterocycles. The zero-order valence-corrected chi connectivity index (χ0v) is 10.2. The molecule has 3 heteroatoms. The summed E-state index contributed by atoms with van der Waals surface area (Å²) in [4.78, 5) is 6.51. The van der Waals surface area contributed by atoms with E-state index in [2.05, 4.69) is 35.2 Å². The fraction of sp³-hybridized carbons (Fsp3) is 0.615. The Balaban J connectivity index is 1.82. The average molecular weight is 219 g/mol. The van der Waals surface area contributed by atoms with E-state index in [1.807, 2.05) is 18.5 Å². The molecule has 2 heterocycles. The first-order chi connectivity index (χ1) is 7.75. The van der Waals surface area contributed by atoms with E-state index in [1.165, 1.54) is 18.5 Å². The molecule has 0 amide bonds. The van der Waals surface area contributed by atoms with Crippen LogP contribution in [0.15, 0.2) is 24.5 Å². The van der Waals surface area contributed by atoms with Gasteiger partial charge in [-0.1, -0.05) is 13.0 Å². The van der Waals surface area contributed by atoms with Crippen molar-refractivity contribution in [2.45, 2.75) is 25.9 Å². The third-order valence-electron chi connectivity index (χ3n) is 3.38. The second-order valence-corrected chi connectivity index (χ2v) is 4.88. The maximum Gasteiger partial charge on any atom is 0.0312 e. The molecule has 1 fully saturated rings. The Hall–Kier alpha value is -0.930. The molecule has 88 valence electrons. The number of rotatable bonds is 4. The van der Waals surface area contributed by atoms with Gasteiger partial charge in [-0.25, -0.2) is 0 Å². The number of aromatic nitrogens is 1. The van der Waals surface area contributed by atoms with Crippen molar-refractivity contribution in [1.29, 1.82) is 0 Å². The summed E-state index contributed by atoms with van der Waals surface area (Å²) >= 11 is 0. The van der Waals surface area contributed by atoms with Gasteiger partial charge in [-0.05, 0) is 37.6 Å². The maximum atomic E-state index is 4.14. The van der Waals surface area contributed by atoms with Crippen molar-refractivity contribution in [1.82, 2.24) is 15.2 Å². The second-order valence-electron chi connectivity index (χ2n) is 4.88. The molecule has 1 saturated heterocycles. The zero-order valence-electron chi connectivity index (χ0n) is 10.2. The highest BCUT2D eigenvalue weighted by Crippen LogP contribution is 2.15. The first-order valence-electron chi connectivity index (χ1n) is 6.06. The van der Waals surface area contributed by atoms with Crippen molar-refractivity contribution in [3.8, 4) is 0 Å². The van der Waals surface area contributed by atoms with Gasteiger partial charge in [-0.2, -0.15) is 0 Å². The lowest BCUT2D eigenvalue weighted by Crippen LogP contribution is -2.37. The van der Waals surface area contributed by atoms with Gasteiger partial charge in [-0.3, -0.25) is 4.98 Å². The predicted octanol–water partition coefficient (Wildman–Crippen LogP) is 1.51. The number of nitrogens with one attached hydrogen (secondary N) is 1. The summed E-state index contributed by atoms with van der Waals surface area (Å²) in [6.07, 6.45) is 5.08. The van der Waals surface area contributed by atoms with Crippen LogP contribution in [0.4, 0.5) is 0 Å². The van der Waals surface area contributed by atoms with Crippen molar-refractivity contribution < 1.29 is 0 Å². The smallest absolute Gasteiger partial charge is 0.0312 e. The van der Waals surface area contributed by atoms with E-state index in [-0.39, 0.29) is 0 Å². The highest BCUT2D eigenvalue weighted by Gasteiger charge is 2.23. The lowest BCUT2D eigenvalue weighted by atomic mass is 10.0. The third kappa shape index (κ3) is 3.03. The minimum atomic E-state index is 0.654. The van der Waals surface area contributed by atoms with Crippen LogP contribution in [-0.4, -0.2) is 36.1 Å². The summed E-state index contributed by atoms with van der Waals surface area (Å²) in [5.74, 6) is 0.802. The molecule has 2 unspecified atom stereocenters. The highest BCUT2D eigenvalue weighted by molar-refractivity contribution is 5.08. The van der Waals surface area contributed by atoms with Crippen LogP contribution >= 0.6 is 0 Å². The van der Waals surface area contributed by atoms with E-state index in [0.717, 1.165) is 19.0 Å². The van der Waals surface area contributed by atoms with E-state index < -0.39 is 0 Å². The van der Waals surface area contributed by atoms with Gasteiger partial charge >= 0.3 is 0 Å². The first-order valence-corrected chi connectivity index (χ1v) is 6.06. The molecule has 1 aromatic rings. The molecule has 3 nitrogen and oxygen atoms in total. The Morgan fingerprint density at radius 2 is 2.44 bits per heavy atom. The quantitative estimate of drug-likeness (QED) is 0.832. The zero-order chi connectivity index (χ0) is 11.4. The van der Waals surface area contributed by atoms with Gasteiger partial charge in [0.15, 0.2) is 0 Å². The largest absolute Gasteiger partial charge is 0.312 e. The van der Waals surface area contributed by atoms with Gasteiger partial charge < -0.3 is 10.2 Å². The van der Waals surface area contributed by atoms with Crippen LogP contribution in [0.2, 0.25) is 0 Å². The molecule has 0 spiro atoms. The monoisotopic (exact) mass is 219 g/mol. The van der Waals surface area contributed by atoms with Crippen LogP contribution in [0.1, 0.15) is 18.9 Å². The van der Waals surface area contributed by atoms with Crippen LogP contribution in [-0.2, 0) is 6.54 Å². The van der Waals surface area contributed by atoms with Gasteiger partial charge in [0.25, 0.3) is 0 Å². The number of hydrogen-bond acceptors (Lipinski definition) is 3. The van der Waals surface area contributed by atoms with E-state index in [4.69, 9.17) is 0 Å². The number of likely N-dealkylation sites (N-methyl/N-ethyl adjacent to an activating group) is 1. The van der Waals surface area contributed by atoms with Gasteiger partial charge in [0.2, 0.25) is 0 Å². The fourth-order valence-corrected chi connectivity index (χ4v) is 2.35.